The maximum absolute atomic E-state index is 12.8. The maximum Gasteiger partial charge on any atom is 0.255 e. The molecule has 0 unspecified atom stereocenters. The van der Waals surface area contributed by atoms with Crippen LogP contribution in [0, 0.1) is 5.41 Å². The van der Waals surface area contributed by atoms with Crippen molar-refractivity contribution < 1.29 is 9.59 Å². The summed E-state index contributed by atoms with van der Waals surface area (Å²) in [5.41, 5.74) is 2.17. The second kappa shape index (κ2) is 7.73. The Labute approximate surface area is 164 Å². The van der Waals surface area contributed by atoms with Gasteiger partial charge in [0.05, 0.1) is 30.0 Å². The molecule has 1 atom stereocenters. The van der Waals surface area contributed by atoms with Gasteiger partial charge in [-0.15, -0.1) is 0 Å². The first-order chi connectivity index (χ1) is 13.5. The summed E-state index contributed by atoms with van der Waals surface area (Å²) >= 11 is 0. The summed E-state index contributed by atoms with van der Waals surface area (Å²) in [6.07, 6.45) is 11.1. The molecule has 0 radical (unpaired) electrons. The van der Waals surface area contributed by atoms with E-state index in [0.29, 0.717) is 25.1 Å². The second-order valence-electron chi connectivity index (χ2n) is 8.23. The molecule has 7 heteroatoms. The maximum atomic E-state index is 12.8. The molecule has 0 aromatic carbocycles. The first kappa shape index (κ1) is 18.7. The molecule has 0 spiro atoms. The van der Waals surface area contributed by atoms with Crippen molar-refractivity contribution in [2.45, 2.75) is 64.6 Å². The molecular weight excluding hydrogens is 354 g/mol. The molecule has 28 heavy (non-hydrogen) atoms. The van der Waals surface area contributed by atoms with E-state index >= 15 is 0 Å². The molecule has 2 N–H and O–H groups in total. The van der Waals surface area contributed by atoms with Crippen LogP contribution >= 0.6 is 0 Å². The van der Waals surface area contributed by atoms with Gasteiger partial charge in [-0.25, -0.2) is 0 Å². The van der Waals surface area contributed by atoms with E-state index in [1.54, 1.807) is 18.6 Å². The lowest BCUT2D eigenvalue weighted by atomic mass is 9.75. The molecule has 2 aromatic rings. The fourth-order valence-corrected chi connectivity index (χ4v) is 4.28. The molecule has 1 fully saturated rings. The molecule has 2 aliphatic rings. The van der Waals surface area contributed by atoms with Crippen LogP contribution in [-0.4, -0.2) is 32.6 Å². The van der Waals surface area contributed by atoms with Gasteiger partial charge in [-0.05, 0) is 24.5 Å². The Bertz CT molecular complexity index is 855. The summed E-state index contributed by atoms with van der Waals surface area (Å²) in [4.78, 5) is 29.5. The van der Waals surface area contributed by atoms with Gasteiger partial charge in [0.15, 0.2) is 0 Å². The summed E-state index contributed by atoms with van der Waals surface area (Å²) in [6.45, 7) is 3.12. The highest BCUT2D eigenvalue weighted by Gasteiger charge is 2.37. The van der Waals surface area contributed by atoms with Crippen LogP contribution in [0.2, 0.25) is 0 Å². The molecule has 0 saturated heterocycles. The van der Waals surface area contributed by atoms with Crippen molar-refractivity contribution in [3.05, 3.63) is 47.5 Å². The molecule has 1 aliphatic heterocycles. The monoisotopic (exact) mass is 381 g/mol. The largest absolute Gasteiger partial charge is 0.351 e. The summed E-state index contributed by atoms with van der Waals surface area (Å²) < 4.78 is 1.84. The predicted octanol–water partition coefficient (Wildman–Crippen LogP) is 2.22. The molecule has 4 rings (SSSR count). The molecule has 148 valence electrons. The van der Waals surface area contributed by atoms with Crippen LogP contribution in [0.25, 0.3) is 0 Å². The van der Waals surface area contributed by atoms with Gasteiger partial charge in [-0.1, -0.05) is 32.3 Å². The van der Waals surface area contributed by atoms with Gasteiger partial charge in [0, 0.05) is 30.8 Å². The molecule has 2 amide bonds. The van der Waals surface area contributed by atoms with Crippen molar-refractivity contribution in [3.63, 3.8) is 0 Å². The molecule has 0 bridgehead atoms. The average molecular weight is 381 g/mol. The van der Waals surface area contributed by atoms with E-state index in [2.05, 4.69) is 27.6 Å². The van der Waals surface area contributed by atoms with Gasteiger partial charge in [-0.3, -0.25) is 19.3 Å². The molecular formula is C21H27N5O2. The van der Waals surface area contributed by atoms with Crippen molar-refractivity contribution >= 4 is 11.8 Å². The SMILES string of the molecule is CC1(C(=O)N[C@H]2Cc3c(C(=O)NCc4cccnc4)cnn3C2)CCCCC1. The Balaban J connectivity index is 1.36. The number of fused-ring (bicyclic) bond motifs is 1. The summed E-state index contributed by atoms with van der Waals surface area (Å²) in [5, 5.41) is 10.5. The summed E-state index contributed by atoms with van der Waals surface area (Å²) in [7, 11) is 0. The number of carbonyl (C=O) groups excluding carboxylic acids is 2. The lowest BCUT2D eigenvalue weighted by molar-refractivity contribution is -0.132. The average Bonchev–Trinajstić information content (AvgIpc) is 3.27. The molecule has 2 aromatic heterocycles. The molecule has 1 saturated carbocycles. The Morgan fingerprint density at radius 2 is 2.07 bits per heavy atom. The minimum Gasteiger partial charge on any atom is -0.351 e. The van der Waals surface area contributed by atoms with Crippen LogP contribution in [0.15, 0.2) is 30.7 Å². The molecule has 7 nitrogen and oxygen atoms in total. The lowest BCUT2D eigenvalue weighted by Gasteiger charge is -2.33. The topological polar surface area (TPSA) is 88.9 Å². The predicted molar refractivity (Wildman–Crippen MR) is 104 cm³/mol. The number of rotatable bonds is 5. The Kier molecular flexibility index (Phi) is 5.15. The molecule has 1 aliphatic carbocycles. The molecule has 3 heterocycles. The summed E-state index contributed by atoms with van der Waals surface area (Å²) in [5.74, 6) is 0.00172. The van der Waals surface area contributed by atoms with E-state index in [0.717, 1.165) is 36.9 Å². The van der Waals surface area contributed by atoms with Crippen molar-refractivity contribution in [3.8, 4) is 0 Å². The van der Waals surface area contributed by atoms with Gasteiger partial charge in [0.2, 0.25) is 5.91 Å². The zero-order valence-corrected chi connectivity index (χ0v) is 16.3. The third-order valence-electron chi connectivity index (χ3n) is 6.04. The van der Waals surface area contributed by atoms with E-state index < -0.39 is 0 Å². The number of aromatic nitrogens is 3. The fraction of sp³-hybridized carbons (Fsp3) is 0.524. The van der Waals surface area contributed by atoms with Crippen LogP contribution in [0.5, 0.6) is 0 Å². The van der Waals surface area contributed by atoms with Gasteiger partial charge in [-0.2, -0.15) is 5.10 Å². The van der Waals surface area contributed by atoms with E-state index in [-0.39, 0.29) is 23.3 Å². The second-order valence-corrected chi connectivity index (χ2v) is 8.23. The third-order valence-corrected chi connectivity index (χ3v) is 6.04. The minimum atomic E-state index is -0.257. The van der Waals surface area contributed by atoms with Crippen molar-refractivity contribution in [2.24, 2.45) is 5.41 Å². The van der Waals surface area contributed by atoms with Gasteiger partial charge in [0.25, 0.3) is 5.91 Å². The standard InChI is InChI=1S/C21H27N5O2/c1-21(7-3-2-4-8-21)20(28)25-16-10-18-17(13-24-26(18)14-16)19(27)23-12-15-6-5-9-22-11-15/h5-6,9,11,13,16H,2-4,7-8,10,12,14H2,1H3,(H,23,27)(H,25,28)/t16-/m0/s1. The number of hydrogen-bond acceptors (Lipinski definition) is 4. The highest BCUT2D eigenvalue weighted by molar-refractivity contribution is 5.95. The zero-order valence-electron chi connectivity index (χ0n) is 16.3. The van der Waals surface area contributed by atoms with Gasteiger partial charge < -0.3 is 10.6 Å². The zero-order chi connectivity index (χ0) is 19.6. The number of amides is 2. The number of carbonyl (C=O) groups is 2. The van der Waals surface area contributed by atoms with Gasteiger partial charge >= 0.3 is 0 Å². The number of nitrogens with zero attached hydrogens (tertiary/aromatic N) is 3. The number of hydrogen-bond donors (Lipinski definition) is 2. The van der Waals surface area contributed by atoms with Crippen LogP contribution < -0.4 is 10.6 Å². The fourth-order valence-electron chi connectivity index (χ4n) is 4.28. The van der Waals surface area contributed by atoms with E-state index in [4.69, 9.17) is 0 Å². The highest BCUT2D eigenvalue weighted by Crippen LogP contribution is 2.36. The quantitative estimate of drug-likeness (QED) is 0.831. The van der Waals surface area contributed by atoms with Crippen molar-refractivity contribution in [2.75, 3.05) is 0 Å². The number of nitrogens with one attached hydrogen (secondary N) is 2. The third kappa shape index (κ3) is 3.79. The Morgan fingerprint density at radius 1 is 1.25 bits per heavy atom. The normalized spacial score (nSPS) is 20.4. The van der Waals surface area contributed by atoms with E-state index in [1.165, 1.54) is 6.42 Å². The van der Waals surface area contributed by atoms with E-state index in [1.807, 2.05) is 16.8 Å². The van der Waals surface area contributed by atoms with Crippen LogP contribution in [0.4, 0.5) is 0 Å². The Morgan fingerprint density at radius 3 is 2.82 bits per heavy atom. The van der Waals surface area contributed by atoms with Gasteiger partial charge in [0.1, 0.15) is 0 Å². The summed E-state index contributed by atoms with van der Waals surface area (Å²) in [6, 6.07) is 3.77. The van der Waals surface area contributed by atoms with Crippen LogP contribution in [-0.2, 0) is 24.3 Å². The van der Waals surface area contributed by atoms with Crippen LogP contribution in [0.3, 0.4) is 0 Å². The van der Waals surface area contributed by atoms with E-state index in [9.17, 15) is 9.59 Å². The van der Waals surface area contributed by atoms with Crippen molar-refractivity contribution in [1.29, 1.82) is 0 Å². The van der Waals surface area contributed by atoms with Crippen molar-refractivity contribution in [1.82, 2.24) is 25.4 Å². The first-order valence-electron chi connectivity index (χ1n) is 10.1. The minimum absolute atomic E-state index is 0.000162. The highest BCUT2D eigenvalue weighted by atomic mass is 16.2. The Hall–Kier alpha value is -2.70. The number of pyridine rings is 1. The first-order valence-corrected chi connectivity index (χ1v) is 10.1. The smallest absolute Gasteiger partial charge is 0.255 e. The lowest BCUT2D eigenvalue weighted by Crippen LogP contribution is -2.45. The van der Waals surface area contributed by atoms with Crippen LogP contribution in [0.1, 0.15) is 60.6 Å².